The number of halogens is 2. The first-order valence-corrected chi connectivity index (χ1v) is 9.43. The lowest BCUT2D eigenvalue weighted by atomic mass is 10.0. The second kappa shape index (κ2) is 7.35. The molecule has 0 saturated heterocycles. The number of aromatic carboxylic acids is 1. The van der Waals surface area contributed by atoms with Gasteiger partial charge < -0.3 is 5.11 Å². The zero-order chi connectivity index (χ0) is 20.5. The van der Waals surface area contributed by atoms with Crippen LogP contribution in [0.3, 0.4) is 0 Å². The van der Waals surface area contributed by atoms with Crippen molar-refractivity contribution in [2.45, 2.75) is 11.8 Å². The minimum atomic E-state index is -4.13. The zero-order valence-electron chi connectivity index (χ0n) is 14.5. The molecule has 0 amide bonds. The Labute approximate surface area is 159 Å². The largest absolute Gasteiger partial charge is 0.477 e. The lowest BCUT2D eigenvalue weighted by molar-refractivity contribution is 0.0686. The van der Waals surface area contributed by atoms with Crippen molar-refractivity contribution in [1.29, 1.82) is 0 Å². The Hall–Kier alpha value is -3.33. The van der Waals surface area contributed by atoms with Crippen LogP contribution in [0.25, 0.3) is 11.1 Å². The number of anilines is 1. The fraction of sp³-hybridized carbons (Fsp3) is 0.0526. The standard InChI is InChI=1S/C19H14F2N2O4S/c1-11-10-22-7-6-15(11)12-2-4-14(5-3-12)28(26,27)23-13-8-16(20)18(19(24)25)17(21)9-13/h2-10,23H,1H3,(H,24,25). The fourth-order valence-corrected chi connectivity index (χ4v) is 3.70. The molecule has 2 N–H and O–H groups in total. The average Bonchev–Trinajstić information content (AvgIpc) is 2.61. The summed E-state index contributed by atoms with van der Waals surface area (Å²) in [6.45, 7) is 1.87. The number of nitrogens with zero attached hydrogens (tertiary/aromatic N) is 1. The summed E-state index contributed by atoms with van der Waals surface area (Å²) in [6, 6.07) is 8.94. The van der Waals surface area contributed by atoms with Crippen molar-refractivity contribution in [3.8, 4) is 11.1 Å². The number of nitrogens with one attached hydrogen (secondary N) is 1. The van der Waals surface area contributed by atoms with Crippen LogP contribution in [0, 0.1) is 18.6 Å². The number of pyridine rings is 1. The van der Waals surface area contributed by atoms with Gasteiger partial charge >= 0.3 is 5.97 Å². The molecule has 0 fully saturated rings. The number of carbonyl (C=O) groups is 1. The van der Waals surface area contributed by atoms with Crippen molar-refractivity contribution >= 4 is 21.7 Å². The summed E-state index contributed by atoms with van der Waals surface area (Å²) in [5.74, 6) is -4.55. The van der Waals surface area contributed by atoms with Crippen LogP contribution >= 0.6 is 0 Å². The van der Waals surface area contributed by atoms with Crippen molar-refractivity contribution in [3.05, 3.63) is 77.6 Å². The number of carboxylic acid groups (broad SMARTS) is 1. The van der Waals surface area contributed by atoms with Gasteiger partial charge in [0.15, 0.2) is 0 Å². The van der Waals surface area contributed by atoms with Crippen LogP contribution in [0.1, 0.15) is 15.9 Å². The number of aryl methyl sites for hydroxylation is 1. The van der Waals surface area contributed by atoms with Crippen molar-refractivity contribution < 1.29 is 27.1 Å². The van der Waals surface area contributed by atoms with Gasteiger partial charge in [0.1, 0.15) is 17.2 Å². The molecular formula is C19H14F2N2O4S. The lowest BCUT2D eigenvalue weighted by Gasteiger charge is -2.11. The highest BCUT2D eigenvalue weighted by Gasteiger charge is 2.21. The molecule has 1 heterocycles. The van der Waals surface area contributed by atoms with E-state index in [9.17, 15) is 22.0 Å². The smallest absolute Gasteiger partial charge is 0.341 e. The van der Waals surface area contributed by atoms with E-state index < -0.39 is 38.9 Å². The predicted molar refractivity (Wildman–Crippen MR) is 98.5 cm³/mol. The normalized spacial score (nSPS) is 11.2. The number of rotatable bonds is 5. The summed E-state index contributed by atoms with van der Waals surface area (Å²) in [6.07, 6.45) is 3.31. The van der Waals surface area contributed by atoms with Gasteiger partial charge in [-0.05, 0) is 53.9 Å². The lowest BCUT2D eigenvalue weighted by Crippen LogP contribution is -2.14. The molecule has 0 radical (unpaired) electrons. The Morgan fingerprint density at radius 2 is 1.68 bits per heavy atom. The Morgan fingerprint density at radius 1 is 1.07 bits per heavy atom. The van der Waals surface area contributed by atoms with Gasteiger partial charge in [0.25, 0.3) is 10.0 Å². The van der Waals surface area contributed by atoms with Crippen LogP contribution in [0.4, 0.5) is 14.5 Å². The molecule has 6 nitrogen and oxygen atoms in total. The molecule has 3 rings (SSSR count). The van der Waals surface area contributed by atoms with E-state index in [2.05, 4.69) is 4.98 Å². The van der Waals surface area contributed by atoms with Crippen LogP contribution < -0.4 is 4.72 Å². The topological polar surface area (TPSA) is 96.4 Å². The molecule has 0 spiro atoms. The van der Waals surface area contributed by atoms with E-state index in [0.717, 1.165) is 16.7 Å². The summed E-state index contributed by atoms with van der Waals surface area (Å²) in [5, 5.41) is 8.76. The number of benzene rings is 2. The quantitative estimate of drug-likeness (QED) is 0.674. The van der Waals surface area contributed by atoms with E-state index in [1.165, 1.54) is 12.1 Å². The number of aromatic nitrogens is 1. The highest BCUT2D eigenvalue weighted by molar-refractivity contribution is 7.92. The Bertz CT molecular complexity index is 1140. The first kappa shape index (κ1) is 19.4. The molecule has 2 aromatic carbocycles. The highest BCUT2D eigenvalue weighted by atomic mass is 32.2. The summed E-state index contributed by atoms with van der Waals surface area (Å²) < 4.78 is 54.5. The van der Waals surface area contributed by atoms with Crippen molar-refractivity contribution in [1.82, 2.24) is 4.98 Å². The highest BCUT2D eigenvalue weighted by Crippen LogP contribution is 2.26. The molecule has 28 heavy (non-hydrogen) atoms. The molecule has 0 saturated carbocycles. The number of hydrogen-bond acceptors (Lipinski definition) is 4. The van der Waals surface area contributed by atoms with Gasteiger partial charge in [0.2, 0.25) is 0 Å². The van der Waals surface area contributed by atoms with Gasteiger partial charge in [0.05, 0.1) is 10.6 Å². The first-order chi connectivity index (χ1) is 13.2. The maximum Gasteiger partial charge on any atom is 0.341 e. The molecule has 0 aliphatic rings. The SMILES string of the molecule is Cc1cnccc1-c1ccc(S(=O)(=O)Nc2cc(F)c(C(=O)O)c(F)c2)cc1. The second-order valence-corrected chi connectivity index (χ2v) is 7.62. The summed E-state index contributed by atoms with van der Waals surface area (Å²) in [4.78, 5) is 14.7. The van der Waals surface area contributed by atoms with E-state index in [0.29, 0.717) is 12.1 Å². The van der Waals surface area contributed by atoms with Crippen molar-refractivity contribution in [2.24, 2.45) is 0 Å². The summed E-state index contributed by atoms with van der Waals surface area (Å²) in [7, 11) is -4.13. The van der Waals surface area contributed by atoms with E-state index >= 15 is 0 Å². The monoisotopic (exact) mass is 404 g/mol. The maximum absolute atomic E-state index is 13.8. The fourth-order valence-electron chi connectivity index (χ4n) is 2.66. The predicted octanol–water partition coefficient (Wildman–Crippen LogP) is 3.83. The molecule has 9 heteroatoms. The molecule has 0 aliphatic carbocycles. The van der Waals surface area contributed by atoms with E-state index in [4.69, 9.17) is 5.11 Å². The van der Waals surface area contributed by atoms with Crippen LogP contribution in [-0.4, -0.2) is 24.5 Å². The van der Waals surface area contributed by atoms with Crippen molar-refractivity contribution in [2.75, 3.05) is 4.72 Å². The average molecular weight is 404 g/mol. The van der Waals surface area contributed by atoms with Gasteiger partial charge in [-0.25, -0.2) is 22.0 Å². The molecular weight excluding hydrogens is 390 g/mol. The minimum Gasteiger partial charge on any atom is -0.477 e. The van der Waals surface area contributed by atoms with Gasteiger partial charge in [-0.3, -0.25) is 9.71 Å². The Kier molecular flexibility index (Phi) is 5.10. The van der Waals surface area contributed by atoms with Crippen LogP contribution in [0.15, 0.2) is 59.8 Å². The Morgan fingerprint density at radius 3 is 2.21 bits per heavy atom. The summed E-state index contributed by atoms with van der Waals surface area (Å²) in [5.41, 5.74) is 1.01. The minimum absolute atomic E-state index is 0.119. The van der Waals surface area contributed by atoms with Crippen LogP contribution in [0.5, 0.6) is 0 Å². The second-order valence-electron chi connectivity index (χ2n) is 5.94. The van der Waals surface area contributed by atoms with E-state index in [-0.39, 0.29) is 4.90 Å². The Balaban J connectivity index is 1.90. The van der Waals surface area contributed by atoms with Gasteiger partial charge in [-0.1, -0.05) is 12.1 Å². The molecule has 1 aromatic heterocycles. The van der Waals surface area contributed by atoms with Crippen molar-refractivity contribution in [3.63, 3.8) is 0 Å². The maximum atomic E-state index is 13.8. The van der Waals surface area contributed by atoms with Gasteiger partial charge in [-0.2, -0.15) is 0 Å². The molecule has 0 bridgehead atoms. The number of sulfonamides is 1. The van der Waals surface area contributed by atoms with Crippen LogP contribution in [0.2, 0.25) is 0 Å². The molecule has 0 aliphatic heterocycles. The van der Waals surface area contributed by atoms with E-state index in [1.54, 1.807) is 30.6 Å². The third-order valence-corrected chi connectivity index (χ3v) is 5.40. The molecule has 0 unspecified atom stereocenters. The van der Waals surface area contributed by atoms with Gasteiger partial charge in [-0.15, -0.1) is 0 Å². The zero-order valence-corrected chi connectivity index (χ0v) is 15.3. The third kappa shape index (κ3) is 3.84. The third-order valence-electron chi connectivity index (χ3n) is 4.00. The van der Waals surface area contributed by atoms with Crippen LogP contribution in [-0.2, 0) is 10.0 Å². The molecule has 0 atom stereocenters. The first-order valence-electron chi connectivity index (χ1n) is 7.95. The molecule has 144 valence electrons. The van der Waals surface area contributed by atoms with E-state index in [1.807, 2.05) is 11.6 Å². The molecule has 3 aromatic rings. The van der Waals surface area contributed by atoms with Gasteiger partial charge in [0, 0.05) is 12.4 Å². The number of carboxylic acids is 1. The summed E-state index contributed by atoms with van der Waals surface area (Å²) >= 11 is 0. The number of hydrogen-bond donors (Lipinski definition) is 2.